The van der Waals surface area contributed by atoms with E-state index in [-0.39, 0.29) is 17.3 Å². The summed E-state index contributed by atoms with van der Waals surface area (Å²) in [6.07, 6.45) is 0. The molecule has 0 aliphatic rings. The van der Waals surface area contributed by atoms with Gasteiger partial charge in [0.15, 0.2) is 10.3 Å². The van der Waals surface area contributed by atoms with Crippen molar-refractivity contribution in [3.8, 4) is 0 Å². The minimum atomic E-state index is -0.448. The monoisotopic (exact) mass is 488 g/mol. The predicted octanol–water partition coefficient (Wildman–Crippen LogP) is 5.28. The van der Waals surface area contributed by atoms with E-state index in [1.165, 1.54) is 35.2 Å². The molecule has 0 atom stereocenters. The number of nitrogens with one attached hydrogen (secondary N) is 2. The highest BCUT2D eigenvalue weighted by Gasteiger charge is 2.15. The van der Waals surface area contributed by atoms with Gasteiger partial charge in [-0.25, -0.2) is 14.6 Å². The van der Waals surface area contributed by atoms with Crippen molar-refractivity contribution in [1.29, 1.82) is 0 Å². The lowest BCUT2D eigenvalue weighted by molar-refractivity contribution is -0.384. The summed E-state index contributed by atoms with van der Waals surface area (Å²) in [6.45, 7) is 3.77. The van der Waals surface area contributed by atoms with E-state index >= 15 is 0 Å². The summed E-state index contributed by atoms with van der Waals surface area (Å²) in [7, 11) is 0. The maximum absolute atomic E-state index is 12.5. The number of fused-ring (bicyclic) bond motifs is 1. The molecule has 0 saturated heterocycles. The fourth-order valence-electron chi connectivity index (χ4n) is 2.83. The number of benzene rings is 2. The molecule has 0 bridgehead atoms. The molecule has 0 radical (unpaired) electrons. The molecule has 2 N–H and O–H groups in total. The quantitative estimate of drug-likeness (QED) is 0.206. The van der Waals surface area contributed by atoms with Gasteiger partial charge in [0, 0.05) is 17.2 Å². The fraction of sp³-hybridized carbons (Fsp3) is 0.150. The summed E-state index contributed by atoms with van der Waals surface area (Å²) in [5.74, 6) is -0.0746. The summed E-state index contributed by atoms with van der Waals surface area (Å²) in [6, 6.07) is 11.5. The number of aromatic nitrogens is 3. The largest absolute Gasteiger partial charge is 0.301 e. The molecule has 0 fully saturated rings. The van der Waals surface area contributed by atoms with Crippen LogP contribution in [0.2, 0.25) is 5.02 Å². The second kappa shape index (κ2) is 9.15. The van der Waals surface area contributed by atoms with Gasteiger partial charge in [0.2, 0.25) is 5.91 Å². The second-order valence-electron chi connectivity index (χ2n) is 6.78. The third kappa shape index (κ3) is 4.85. The number of nitrogens with zero attached hydrogens (tertiary/aromatic N) is 4. The maximum atomic E-state index is 12.5. The highest BCUT2D eigenvalue weighted by Crippen LogP contribution is 2.29. The lowest BCUT2D eigenvalue weighted by Crippen LogP contribution is -2.16. The highest BCUT2D eigenvalue weighted by molar-refractivity contribution is 7.99. The number of non-ortho nitro benzene ring substituents is 1. The normalized spacial score (nSPS) is 11.0. The van der Waals surface area contributed by atoms with Crippen molar-refractivity contribution < 1.29 is 9.72 Å². The first-order valence-electron chi connectivity index (χ1n) is 9.36. The zero-order valence-electron chi connectivity index (χ0n) is 17.0. The molecule has 4 rings (SSSR count). The molecule has 2 heterocycles. The van der Waals surface area contributed by atoms with Crippen LogP contribution in [0.3, 0.4) is 0 Å². The Balaban J connectivity index is 1.44. The van der Waals surface area contributed by atoms with E-state index < -0.39 is 4.92 Å². The fourth-order valence-corrected chi connectivity index (χ4v) is 4.84. The van der Waals surface area contributed by atoms with Crippen molar-refractivity contribution in [3.63, 3.8) is 0 Å². The number of halogens is 1. The molecular weight excluding hydrogens is 472 g/mol. The third-order valence-electron chi connectivity index (χ3n) is 4.56. The van der Waals surface area contributed by atoms with Crippen LogP contribution in [0.5, 0.6) is 0 Å². The van der Waals surface area contributed by atoms with Crippen molar-refractivity contribution in [1.82, 2.24) is 14.6 Å². The Morgan fingerprint density at radius 1 is 1.22 bits per heavy atom. The van der Waals surface area contributed by atoms with Crippen LogP contribution in [-0.4, -0.2) is 31.2 Å². The number of hydrogen-bond donors (Lipinski definition) is 2. The first-order valence-corrected chi connectivity index (χ1v) is 11.5. The van der Waals surface area contributed by atoms with E-state index in [1.807, 2.05) is 26.0 Å². The second-order valence-corrected chi connectivity index (χ2v) is 9.19. The number of anilines is 2. The minimum absolute atomic E-state index is 0.0115. The van der Waals surface area contributed by atoms with Gasteiger partial charge in [-0.1, -0.05) is 34.7 Å². The molecule has 32 heavy (non-hydrogen) atoms. The van der Waals surface area contributed by atoms with E-state index in [9.17, 15) is 14.9 Å². The molecule has 0 aliphatic heterocycles. The number of rotatable bonds is 7. The first-order chi connectivity index (χ1) is 15.3. The Morgan fingerprint density at radius 2 is 1.97 bits per heavy atom. The number of aryl methyl sites for hydroxylation is 1. The van der Waals surface area contributed by atoms with E-state index in [0.717, 1.165) is 21.6 Å². The Bertz CT molecular complexity index is 1320. The van der Waals surface area contributed by atoms with Gasteiger partial charge < -0.3 is 5.32 Å². The van der Waals surface area contributed by atoms with E-state index in [2.05, 4.69) is 20.7 Å². The Hall–Kier alpha value is -3.15. The summed E-state index contributed by atoms with van der Waals surface area (Å²) < 4.78 is 2.66. The van der Waals surface area contributed by atoms with Crippen molar-refractivity contribution in [3.05, 3.63) is 69.0 Å². The zero-order valence-corrected chi connectivity index (χ0v) is 19.3. The van der Waals surface area contributed by atoms with E-state index in [0.29, 0.717) is 21.0 Å². The van der Waals surface area contributed by atoms with Gasteiger partial charge >= 0.3 is 0 Å². The number of amides is 1. The molecular formula is C20H17ClN6O3S2. The first kappa shape index (κ1) is 22.1. The van der Waals surface area contributed by atoms with Crippen LogP contribution in [0.4, 0.5) is 16.5 Å². The van der Waals surface area contributed by atoms with Gasteiger partial charge in [-0.05, 0) is 44.2 Å². The number of hydrogen-bond acceptors (Lipinski definition) is 8. The van der Waals surface area contributed by atoms with Crippen molar-refractivity contribution in [2.75, 3.05) is 16.5 Å². The Morgan fingerprint density at radius 3 is 2.69 bits per heavy atom. The summed E-state index contributed by atoms with van der Waals surface area (Å²) in [5.41, 5.74) is 6.31. The van der Waals surface area contributed by atoms with Gasteiger partial charge in [0.25, 0.3) is 5.69 Å². The topological polar surface area (TPSA) is 115 Å². The van der Waals surface area contributed by atoms with Crippen LogP contribution in [-0.2, 0) is 4.79 Å². The van der Waals surface area contributed by atoms with Crippen LogP contribution < -0.4 is 10.7 Å². The van der Waals surface area contributed by atoms with Crippen molar-refractivity contribution in [2.24, 2.45) is 0 Å². The number of thioether (sulfide) groups is 1. The molecule has 2 aromatic heterocycles. The molecule has 4 aromatic rings. The number of nitro groups is 1. The Kier molecular flexibility index (Phi) is 6.31. The van der Waals surface area contributed by atoms with Crippen LogP contribution >= 0.6 is 34.7 Å². The molecule has 164 valence electrons. The van der Waals surface area contributed by atoms with Crippen LogP contribution in [0.25, 0.3) is 10.2 Å². The third-order valence-corrected chi connectivity index (χ3v) is 6.67. The van der Waals surface area contributed by atoms with Crippen LogP contribution in [0.15, 0.2) is 47.6 Å². The highest BCUT2D eigenvalue weighted by atomic mass is 35.5. The molecule has 0 saturated carbocycles. The molecule has 0 unspecified atom stereocenters. The van der Waals surface area contributed by atoms with Crippen molar-refractivity contribution in [2.45, 2.75) is 19.0 Å². The summed E-state index contributed by atoms with van der Waals surface area (Å²) in [4.78, 5) is 31.8. The molecule has 12 heteroatoms. The lowest BCUT2D eigenvalue weighted by Gasteiger charge is -2.12. The van der Waals surface area contributed by atoms with Gasteiger partial charge in [-0.2, -0.15) is 0 Å². The van der Waals surface area contributed by atoms with E-state index in [4.69, 9.17) is 11.6 Å². The molecule has 0 spiro atoms. The molecule has 0 aliphatic carbocycles. The maximum Gasteiger partial charge on any atom is 0.269 e. The SMILES string of the molecule is Cc1nc(SCC(=O)Nc2nc3ccc(Cl)cc3s2)n(Nc2ccc([N+](=O)[O-])cc2)c1C. The number of nitro benzene ring substituents is 1. The Labute approximate surface area is 195 Å². The van der Waals surface area contributed by atoms with Gasteiger partial charge in [-0.3, -0.25) is 20.3 Å². The number of imidazole rings is 1. The molecule has 9 nitrogen and oxygen atoms in total. The smallest absolute Gasteiger partial charge is 0.269 e. The average molecular weight is 489 g/mol. The minimum Gasteiger partial charge on any atom is -0.301 e. The van der Waals surface area contributed by atoms with Gasteiger partial charge in [0.1, 0.15) is 0 Å². The van der Waals surface area contributed by atoms with Crippen LogP contribution in [0.1, 0.15) is 11.4 Å². The van der Waals surface area contributed by atoms with Gasteiger partial charge in [0.05, 0.1) is 38.0 Å². The molecule has 2 aromatic carbocycles. The lowest BCUT2D eigenvalue weighted by atomic mass is 10.3. The summed E-state index contributed by atoms with van der Waals surface area (Å²) in [5, 5.41) is 15.4. The summed E-state index contributed by atoms with van der Waals surface area (Å²) >= 11 is 8.63. The predicted molar refractivity (Wildman–Crippen MR) is 128 cm³/mol. The molecule has 1 amide bonds. The number of carbonyl (C=O) groups is 1. The zero-order chi connectivity index (χ0) is 22.8. The number of carbonyl (C=O) groups excluding carboxylic acids is 1. The van der Waals surface area contributed by atoms with E-state index in [1.54, 1.807) is 22.9 Å². The van der Waals surface area contributed by atoms with Gasteiger partial charge in [-0.15, -0.1) is 0 Å². The van der Waals surface area contributed by atoms with Crippen molar-refractivity contribution >= 4 is 67.3 Å². The van der Waals surface area contributed by atoms with Crippen LogP contribution in [0, 0.1) is 24.0 Å². The average Bonchev–Trinajstić information content (AvgIpc) is 3.27. The standard InChI is InChI=1S/C20H17ClN6O3S2/c1-11-12(2)26(25-14-4-6-15(7-5-14)27(29)30)20(22-11)31-10-18(28)24-19-23-16-8-3-13(21)9-17(16)32-19/h3-9,25H,10H2,1-2H3,(H,23,24,28). The number of thiazole rings is 1.